The first-order valence-corrected chi connectivity index (χ1v) is 6.43. The first-order valence-electron chi connectivity index (χ1n) is 6.43. The van der Waals surface area contributed by atoms with Gasteiger partial charge in [-0.25, -0.2) is 0 Å². The maximum atomic E-state index is 12.7. The fourth-order valence-corrected chi connectivity index (χ4v) is 2.11. The molecule has 0 heterocycles. The van der Waals surface area contributed by atoms with Crippen LogP contribution in [0.5, 0.6) is 0 Å². The van der Waals surface area contributed by atoms with E-state index in [2.05, 4.69) is 0 Å². The van der Waals surface area contributed by atoms with Gasteiger partial charge in [-0.3, -0.25) is 4.79 Å². The largest absolute Gasteiger partial charge is 0.416 e. The zero-order valence-corrected chi connectivity index (χ0v) is 11.2. The Hall–Kier alpha value is -2.14. The standard InChI is InChI=1S/C16H14F3NO/c17-16(18,19)13-6-3-5-12(10-13)15(21)14-7-2-1-4-11(14)8-9-20/h1-7,10H,8-9,20H2. The third kappa shape index (κ3) is 3.49. The van der Waals surface area contributed by atoms with Gasteiger partial charge in [0.25, 0.3) is 0 Å². The minimum atomic E-state index is -4.47. The highest BCUT2D eigenvalue weighted by Crippen LogP contribution is 2.30. The lowest BCUT2D eigenvalue weighted by Gasteiger charge is -2.10. The Morgan fingerprint density at radius 3 is 2.43 bits per heavy atom. The van der Waals surface area contributed by atoms with Crippen LogP contribution >= 0.6 is 0 Å². The van der Waals surface area contributed by atoms with Crippen LogP contribution in [-0.2, 0) is 12.6 Å². The van der Waals surface area contributed by atoms with E-state index in [1.807, 2.05) is 0 Å². The van der Waals surface area contributed by atoms with Gasteiger partial charge in [0.1, 0.15) is 0 Å². The fourth-order valence-electron chi connectivity index (χ4n) is 2.11. The lowest BCUT2D eigenvalue weighted by molar-refractivity contribution is -0.137. The predicted octanol–water partition coefficient (Wildman–Crippen LogP) is 3.44. The zero-order chi connectivity index (χ0) is 15.5. The summed E-state index contributed by atoms with van der Waals surface area (Å²) < 4.78 is 38.1. The summed E-state index contributed by atoms with van der Waals surface area (Å²) in [6.45, 7) is 0.368. The number of carbonyl (C=O) groups excluding carboxylic acids is 1. The number of hydrogen-bond acceptors (Lipinski definition) is 2. The van der Waals surface area contributed by atoms with Crippen LogP contribution in [0.3, 0.4) is 0 Å². The average molecular weight is 293 g/mol. The van der Waals surface area contributed by atoms with Crippen LogP contribution in [0.25, 0.3) is 0 Å². The van der Waals surface area contributed by atoms with Crippen molar-refractivity contribution < 1.29 is 18.0 Å². The summed E-state index contributed by atoms with van der Waals surface area (Å²) in [5.41, 5.74) is 5.81. The summed E-state index contributed by atoms with van der Waals surface area (Å²) in [4.78, 5) is 12.4. The Bertz CT molecular complexity index is 650. The Morgan fingerprint density at radius 1 is 1.05 bits per heavy atom. The van der Waals surface area contributed by atoms with Crippen molar-refractivity contribution in [2.75, 3.05) is 6.54 Å². The molecule has 0 bridgehead atoms. The van der Waals surface area contributed by atoms with Crippen molar-refractivity contribution in [1.82, 2.24) is 0 Å². The molecule has 2 N–H and O–H groups in total. The first-order chi connectivity index (χ1) is 9.93. The molecule has 0 atom stereocenters. The van der Waals surface area contributed by atoms with E-state index in [4.69, 9.17) is 5.73 Å². The highest BCUT2D eigenvalue weighted by atomic mass is 19.4. The third-order valence-electron chi connectivity index (χ3n) is 3.13. The number of nitrogens with two attached hydrogens (primary N) is 1. The van der Waals surface area contributed by atoms with Crippen LogP contribution in [0, 0.1) is 0 Å². The van der Waals surface area contributed by atoms with Gasteiger partial charge in [-0.05, 0) is 30.7 Å². The highest BCUT2D eigenvalue weighted by molar-refractivity contribution is 6.10. The fraction of sp³-hybridized carbons (Fsp3) is 0.188. The molecular weight excluding hydrogens is 279 g/mol. The number of rotatable bonds is 4. The van der Waals surface area contributed by atoms with Crippen molar-refractivity contribution in [2.24, 2.45) is 5.73 Å². The summed E-state index contributed by atoms with van der Waals surface area (Å²) in [7, 11) is 0. The smallest absolute Gasteiger partial charge is 0.330 e. The van der Waals surface area contributed by atoms with Crippen molar-refractivity contribution >= 4 is 5.78 Å². The molecule has 0 fully saturated rings. The van der Waals surface area contributed by atoms with E-state index >= 15 is 0 Å². The molecule has 0 saturated heterocycles. The van der Waals surface area contributed by atoms with Gasteiger partial charge in [-0.15, -0.1) is 0 Å². The molecule has 0 aliphatic heterocycles. The lowest BCUT2D eigenvalue weighted by Crippen LogP contribution is -2.11. The third-order valence-corrected chi connectivity index (χ3v) is 3.13. The van der Waals surface area contributed by atoms with Gasteiger partial charge in [0.2, 0.25) is 0 Å². The van der Waals surface area contributed by atoms with Crippen molar-refractivity contribution in [3.8, 4) is 0 Å². The molecule has 0 radical (unpaired) electrons. The number of carbonyl (C=O) groups is 1. The lowest BCUT2D eigenvalue weighted by atomic mass is 9.95. The maximum Gasteiger partial charge on any atom is 0.416 e. The SMILES string of the molecule is NCCc1ccccc1C(=O)c1cccc(C(F)(F)F)c1. The van der Waals surface area contributed by atoms with E-state index in [1.165, 1.54) is 12.1 Å². The molecular formula is C16H14F3NO. The highest BCUT2D eigenvalue weighted by Gasteiger charge is 2.31. The van der Waals surface area contributed by atoms with Crippen LogP contribution in [0.2, 0.25) is 0 Å². The van der Waals surface area contributed by atoms with Crippen molar-refractivity contribution in [1.29, 1.82) is 0 Å². The summed E-state index contributed by atoms with van der Waals surface area (Å²) >= 11 is 0. The predicted molar refractivity (Wildman–Crippen MR) is 74.1 cm³/mol. The van der Waals surface area contributed by atoms with E-state index in [9.17, 15) is 18.0 Å². The molecule has 110 valence electrons. The second kappa shape index (κ2) is 6.10. The number of hydrogen-bond donors (Lipinski definition) is 1. The quantitative estimate of drug-likeness (QED) is 0.878. The second-order valence-electron chi connectivity index (χ2n) is 4.60. The molecule has 2 nitrogen and oxygen atoms in total. The normalized spacial score (nSPS) is 11.4. The summed E-state index contributed by atoms with van der Waals surface area (Å²) in [6.07, 6.45) is -3.96. The molecule has 2 aromatic rings. The molecule has 0 aliphatic carbocycles. The van der Waals surface area contributed by atoms with Crippen LogP contribution in [0.4, 0.5) is 13.2 Å². The number of benzene rings is 2. The summed E-state index contributed by atoms with van der Waals surface area (Å²) in [5.74, 6) is -0.426. The van der Waals surface area contributed by atoms with Crippen LogP contribution in [-0.4, -0.2) is 12.3 Å². The minimum absolute atomic E-state index is 0.0225. The number of halogens is 3. The number of alkyl halides is 3. The van der Waals surface area contributed by atoms with Crippen LogP contribution < -0.4 is 5.73 Å². The van der Waals surface area contributed by atoms with Crippen molar-refractivity contribution in [2.45, 2.75) is 12.6 Å². The van der Waals surface area contributed by atoms with Gasteiger partial charge in [-0.1, -0.05) is 36.4 Å². The van der Waals surface area contributed by atoms with Gasteiger partial charge in [0.15, 0.2) is 5.78 Å². The van der Waals surface area contributed by atoms with Gasteiger partial charge in [-0.2, -0.15) is 13.2 Å². The first kappa shape index (κ1) is 15.3. The maximum absolute atomic E-state index is 12.7. The Kier molecular flexibility index (Phi) is 4.43. The molecule has 0 aliphatic rings. The summed E-state index contributed by atoms with van der Waals surface area (Å²) in [6, 6.07) is 11.3. The minimum Gasteiger partial charge on any atom is -0.330 e. The molecule has 0 saturated carbocycles. The molecule has 0 aromatic heterocycles. The van der Waals surface area contributed by atoms with E-state index < -0.39 is 17.5 Å². The Balaban J connectivity index is 2.41. The molecule has 0 amide bonds. The zero-order valence-electron chi connectivity index (χ0n) is 11.2. The van der Waals surface area contributed by atoms with E-state index in [0.717, 1.165) is 17.7 Å². The Labute approximate surface area is 120 Å². The molecule has 0 unspecified atom stereocenters. The van der Waals surface area contributed by atoms with Gasteiger partial charge >= 0.3 is 6.18 Å². The van der Waals surface area contributed by atoms with Gasteiger partial charge in [0.05, 0.1) is 5.56 Å². The molecule has 2 aromatic carbocycles. The molecule has 21 heavy (non-hydrogen) atoms. The molecule has 2 rings (SSSR count). The van der Waals surface area contributed by atoms with Gasteiger partial charge < -0.3 is 5.73 Å². The van der Waals surface area contributed by atoms with Crippen LogP contribution in [0.1, 0.15) is 27.0 Å². The van der Waals surface area contributed by atoms with E-state index in [1.54, 1.807) is 24.3 Å². The monoisotopic (exact) mass is 293 g/mol. The van der Waals surface area contributed by atoms with Gasteiger partial charge in [0, 0.05) is 11.1 Å². The molecule has 0 spiro atoms. The van der Waals surface area contributed by atoms with Crippen LogP contribution in [0.15, 0.2) is 48.5 Å². The Morgan fingerprint density at radius 2 is 1.76 bits per heavy atom. The summed E-state index contributed by atoms with van der Waals surface area (Å²) in [5, 5.41) is 0. The van der Waals surface area contributed by atoms with E-state index in [0.29, 0.717) is 18.5 Å². The van der Waals surface area contributed by atoms with Crippen molar-refractivity contribution in [3.63, 3.8) is 0 Å². The average Bonchev–Trinajstić information content (AvgIpc) is 2.47. The topological polar surface area (TPSA) is 43.1 Å². The molecule has 5 heteroatoms. The second-order valence-corrected chi connectivity index (χ2v) is 4.60. The van der Waals surface area contributed by atoms with E-state index in [-0.39, 0.29) is 5.56 Å². The van der Waals surface area contributed by atoms with Crippen molar-refractivity contribution in [3.05, 3.63) is 70.8 Å². The number of ketones is 1.